The summed E-state index contributed by atoms with van der Waals surface area (Å²) in [6, 6.07) is 15.9. The van der Waals surface area contributed by atoms with Crippen LogP contribution in [0, 0.1) is 6.92 Å². The molecule has 3 aromatic rings. The molecule has 0 aliphatic carbocycles. The second kappa shape index (κ2) is 6.89. The molecule has 0 fully saturated rings. The average molecular weight is 328 g/mol. The second-order valence-electron chi connectivity index (χ2n) is 5.47. The van der Waals surface area contributed by atoms with E-state index in [0.29, 0.717) is 6.54 Å². The molecule has 2 aromatic carbocycles. The van der Waals surface area contributed by atoms with Gasteiger partial charge in [0.2, 0.25) is 0 Å². The highest BCUT2D eigenvalue weighted by Gasteiger charge is 2.15. The molecule has 1 heterocycles. The first-order valence-electron chi connectivity index (χ1n) is 7.47. The molecule has 0 saturated heterocycles. The predicted molar refractivity (Wildman–Crippen MR) is 90.6 cm³/mol. The van der Waals surface area contributed by atoms with Gasteiger partial charge in [0.15, 0.2) is 5.82 Å². The number of hydrogen-bond donors (Lipinski definition) is 1. The Morgan fingerprint density at radius 2 is 1.96 bits per heavy atom. The fourth-order valence-corrected chi connectivity index (χ4v) is 2.53. The van der Waals surface area contributed by atoms with Gasteiger partial charge in [-0.05, 0) is 53.6 Å². The molecule has 0 spiro atoms. The van der Waals surface area contributed by atoms with Crippen molar-refractivity contribution in [3.63, 3.8) is 0 Å². The van der Waals surface area contributed by atoms with Crippen LogP contribution in [-0.4, -0.2) is 20.2 Å². The molecule has 0 radical (unpaired) electrons. The zero-order valence-electron chi connectivity index (χ0n) is 13.1. The van der Waals surface area contributed by atoms with Crippen molar-refractivity contribution < 1.29 is 0 Å². The van der Waals surface area contributed by atoms with Gasteiger partial charge in [0.1, 0.15) is 0 Å². The Kier molecular flexibility index (Phi) is 4.69. The smallest absolute Gasteiger partial charge is 0.173 e. The highest BCUT2D eigenvalue weighted by atomic mass is 35.5. The number of para-hydroxylation sites is 1. The van der Waals surface area contributed by atoms with Crippen molar-refractivity contribution in [2.24, 2.45) is 0 Å². The number of tetrazole rings is 1. The summed E-state index contributed by atoms with van der Waals surface area (Å²) in [4.78, 5) is 0. The standard InChI is InChI=1S/C17H18ClN5/c1-12-8-9-14(10-16(12)18)11-19-13(2)17-20-21-22-23(17)15-6-4-3-5-7-15/h3-10,13,19H,11H2,1-2H3/t13-/m1/s1. The highest BCUT2D eigenvalue weighted by Crippen LogP contribution is 2.18. The van der Waals surface area contributed by atoms with E-state index in [-0.39, 0.29) is 6.04 Å². The maximum absolute atomic E-state index is 6.17. The van der Waals surface area contributed by atoms with E-state index in [9.17, 15) is 0 Å². The second-order valence-corrected chi connectivity index (χ2v) is 5.88. The van der Waals surface area contributed by atoms with E-state index in [1.165, 1.54) is 0 Å². The topological polar surface area (TPSA) is 55.6 Å². The highest BCUT2D eigenvalue weighted by molar-refractivity contribution is 6.31. The van der Waals surface area contributed by atoms with Crippen LogP contribution in [0.2, 0.25) is 5.02 Å². The Labute approximate surface area is 140 Å². The van der Waals surface area contributed by atoms with Crippen LogP contribution < -0.4 is 5.32 Å². The number of hydrogen-bond acceptors (Lipinski definition) is 4. The van der Waals surface area contributed by atoms with Gasteiger partial charge in [-0.15, -0.1) is 5.10 Å². The van der Waals surface area contributed by atoms with Crippen LogP contribution in [0.15, 0.2) is 48.5 Å². The normalized spacial score (nSPS) is 12.3. The summed E-state index contributed by atoms with van der Waals surface area (Å²) < 4.78 is 1.75. The van der Waals surface area contributed by atoms with Crippen molar-refractivity contribution in [3.8, 4) is 5.69 Å². The van der Waals surface area contributed by atoms with Crippen LogP contribution in [0.3, 0.4) is 0 Å². The lowest BCUT2D eigenvalue weighted by Gasteiger charge is -2.14. The quantitative estimate of drug-likeness (QED) is 0.779. The van der Waals surface area contributed by atoms with E-state index in [0.717, 1.165) is 27.7 Å². The van der Waals surface area contributed by atoms with E-state index in [1.807, 2.05) is 56.3 Å². The number of rotatable bonds is 5. The molecule has 3 rings (SSSR count). The Morgan fingerprint density at radius 1 is 1.17 bits per heavy atom. The zero-order chi connectivity index (χ0) is 16.2. The summed E-state index contributed by atoms with van der Waals surface area (Å²) >= 11 is 6.17. The monoisotopic (exact) mass is 327 g/mol. The van der Waals surface area contributed by atoms with Gasteiger partial charge in [-0.3, -0.25) is 0 Å². The van der Waals surface area contributed by atoms with E-state index < -0.39 is 0 Å². The number of aryl methyl sites for hydroxylation is 1. The molecule has 0 bridgehead atoms. The summed E-state index contributed by atoms with van der Waals surface area (Å²) in [5.74, 6) is 0.773. The Morgan fingerprint density at radius 3 is 2.70 bits per heavy atom. The van der Waals surface area contributed by atoms with E-state index >= 15 is 0 Å². The summed E-state index contributed by atoms with van der Waals surface area (Å²) in [7, 11) is 0. The van der Waals surface area contributed by atoms with Crippen molar-refractivity contribution >= 4 is 11.6 Å². The van der Waals surface area contributed by atoms with Crippen LogP contribution in [0.25, 0.3) is 5.69 Å². The zero-order valence-corrected chi connectivity index (χ0v) is 13.8. The van der Waals surface area contributed by atoms with E-state index in [1.54, 1.807) is 4.68 Å². The molecule has 0 unspecified atom stereocenters. The lowest BCUT2D eigenvalue weighted by Crippen LogP contribution is -2.21. The van der Waals surface area contributed by atoms with Gasteiger partial charge in [-0.25, -0.2) is 0 Å². The fourth-order valence-electron chi connectivity index (χ4n) is 2.33. The molecule has 1 atom stereocenters. The molecule has 0 amide bonds. The Bertz CT molecular complexity index is 785. The third kappa shape index (κ3) is 3.57. The van der Waals surface area contributed by atoms with Gasteiger partial charge in [0.25, 0.3) is 0 Å². The van der Waals surface area contributed by atoms with Gasteiger partial charge in [-0.1, -0.05) is 41.9 Å². The third-order valence-electron chi connectivity index (χ3n) is 3.73. The van der Waals surface area contributed by atoms with Crippen LogP contribution in [0.4, 0.5) is 0 Å². The number of benzene rings is 2. The average Bonchev–Trinajstić information content (AvgIpc) is 3.06. The number of nitrogens with zero attached hydrogens (tertiary/aromatic N) is 4. The minimum absolute atomic E-state index is 0.00489. The lowest BCUT2D eigenvalue weighted by atomic mass is 10.1. The molecule has 0 saturated carbocycles. The van der Waals surface area contributed by atoms with Gasteiger partial charge < -0.3 is 5.32 Å². The molecule has 0 aliphatic heterocycles. The van der Waals surface area contributed by atoms with Gasteiger partial charge in [0, 0.05) is 11.6 Å². The number of nitrogens with one attached hydrogen (secondary N) is 1. The first-order valence-corrected chi connectivity index (χ1v) is 7.85. The Balaban J connectivity index is 1.73. The molecular weight excluding hydrogens is 310 g/mol. The molecular formula is C17H18ClN5. The third-order valence-corrected chi connectivity index (χ3v) is 4.14. The molecule has 1 N–H and O–H groups in total. The van der Waals surface area contributed by atoms with Crippen molar-refractivity contribution in [2.45, 2.75) is 26.4 Å². The van der Waals surface area contributed by atoms with Crippen molar-refractivity contribution in [1.82, 2.24) is 25.5 Å². The van der Waals surface area contributed by atoms with Crippen molar-refractivity contribution in [3.05, 3.63) is 70.5 Å². The maximum atomic E-state index is 6.17. The minimum atomic E-state index is 0.00489. The van der Waals surface area contributed by atoms with Crippen LogP contribution in [-0.2, 0) is 6.54 Å². The Hall–Kier alpha value is -2.24. The molecule has 1 aromatic heterocycles. The largest absolute Gasteiger partial charge is 0.303 e. The van der Waals surface area contributed by atoms with Crippen molar-refractivity contribution in [1.29, 1.82) is 0 Å². The van der Waals surface area contributed by atoms with Crippen molar-refractivity contribution in [2.75, 3.05) is 0 Å². The summed E-state index contributed by atoms with van der Waals surface area (Å²) in [5, 5.41) is 16.3. The first kappa shape index (κ1) is 15.6. The van der Waals surface area contributed by atoms with Crippen LogP contribution in [0.5, 0.6) is 0 Å². The SMILES string of the molecule is Cc1ccc(CN[C@H](C)c2nnnn2-c2ccccc2)cc1Cl. The molecule has 5 nitrogen and oxygen atoms in total. The minimum Gasteiger partial charge on any atom is -0.303 e. The summed E-state index contributed by atoms with van der Waals surface area (Å²) in [6.07, 6.45) is 0. The van der Waals surface area contributed by atoms with E-state index in [2.05, 4.69) is 26.9 Å². The molecule has 6 heteroatoms. The molecule has 0 aliphatic rings. The van der Waals surface area contributed by atoms with Crippen LogP contribution >= 0.6 is 11.6 Å². The fraction of sp³-hybridized carbons (Fsp3) is 0.235. The summed E-state index contributed by atoms with van der Waals surface area (Å²) in [5.41, 5.74) is 3.15. The first-order chi connectivity index (χ1) is 11.1. The van der Waals surface area contributed by atoms with Gasteiger partial charge in [-0.2, -0.15) is 4.68 Å². The van der Waals surface area contributed by atoms with Crippen LogP contribution in [0.1, 0.15) is 29.9 Å². The maximum Gasteiger partial charge on any atom is 0.173 e. The van der Waals surface area contributed by atoms with Gasteiger partial charge in [0.05, 0.1) is 11.7 Å². The summed E-state index contributed by atoms with van der Waals surface area (Å²) in [6.45, 7) is 4.74. The predicted octanol–water partition coefficient (Wildman–Crippen LogP) is 3.47. The van der Waals surface area contributed by atoms with E-state index in [4.69, 9.17) is 11.6 Å². The molecule has 23 heavy (non-hydrogen) atoms. The number of halogens is 1. The number of aromatic nitrogens is 4. The lowest BCUT2D eigenvalue weighted by molar-refractivity contribution is 0.532. The molecule has 118 valence electrons. The van der Waals surface area contributed by atoms with Gasteiger partial charge >= 0.3 is 0 Å².